The molecular formula is C19H16ClF3N4. The molecule has 3 heterocycles. The highest BCUT2D eigenvalue weighted by molar-refractivity contribution is 6.34. The molecule has 2 aromatic heterocycles. The van der Waals surface area contributed by atoms with E-state index in [4.69, 9.17) is 11.6 Å². The van der Waals surface area contributed by atoms with Gasteiger partial charge in [0.2, 0.25) is 0 Å². The Hall–Kier alpha value is -2.41. The highest BCUT2D eigenvalue weighted by Crippen LogP contribution is 2.43. The Kier molecular flexibility index (Phi) is 4.63. The Morgan fingerprint density at radius 3 is 2.41 bits per heavy atom. The van der Waals surface area contributed by atoms with Gasteiger partial charge in [-0.25, -0.2) is 28.1 Å². The number of nitrogens with zero attached hydrogens (tertiary/aromatic N) is 4. The Labute approximate surface area is 159 Å². The van der Waals surface area contributed by atoms with Crippen LogP contribution in [-0.2, 0) is 0 Å². The number of fused-ring (bicyclic) bond motifs is 1. The maximum absolute atomic E-state index is 14.6. The number of rotatable bonds is 2. The van der Waals surface area contributed by atoms with E-state index in [-0.39, 0.29) is 10.7 Å². The van der Waals surface area contributed by atoms with Gasteiger partial charge in [-0.05, 0) is 18.8 Å². The molecule has 0 atom stereocenters. The Balaban J connectivity index is 2.03. The highest BCUT2D eigenvalue weighted by Gasteiger charge is 2.28. The minimum atomic E-state index is -1.03. The Morgan fingerprint density at radius 1 is 1.07 bits per heavy atom. The van der Waals surface area contributed by atoms with Crippen LogP contribution in [0.1, 0.15) is 19.8 Å². The van der Waals surface area contributed by atoms with Crippen LogP contribution < -0.4 is 4.90 Å². The summed E-state index contributed by atoms with van der Waals surface area (Å²) >= 11 is 6.35. The molecule has 3 aromatic rings. The monoisotopic (exact) mass is 392 g/mol. The SMILES string of the molecule is CC1CCN(c2c(-c3c(F)cc(F)cc3F)c(Cl)nc3ncncc23)CC1. The minimum absolute atomic E-state index is 0.0840. The predicted octanol–water partition coefficient (Wildman–Crippen LogP) is 5.00. The van der Waals surface area contributed by atoms with Crippen molar-refractivity contribution < 1.29 is 13.2 Å². The smallest absolute Gasteiger partial charge is 0.166 e. The van der Waals surface area contributed by atoms with Gasteiger partial charge in [0, 0.05) is 37.0 Å². The van der Waals surface area contributed by atoms with Crippen LogP contribution in [-0.4, -0.2) is 28.0 Å². The first-order valence-corrected chi connectivity index (χ1v) is 9.02. The largest absolute Gasteiger partial charge is 0.370 e. The zero-order valence-electron chi connectivity index (χ0n) is 14.5. The van der Waals surface area contributed by atoms with E-state index in [2.05, 4.69) is 21.9 Å². The van der Waals surface area contributed by atoms with Crippen LogP contribution in [0.2, 0.25) is 5.15 Å². The second kappa shape index (κ2) is 6.96. The molecule has 0 radical (unpaired) electrons. The van der Waals surface area contributed by atoms with Crippen LogP contribution in [0, 0.1) is 23.4 Å². The summed E-state index contributed by atoms with van der Waals surface area (Å²) in [7, 11) is 0. The summed E-state index contributed by atoms with van der Waals surface area (Å²) < 4.78 is 42.6. The third-order valence-corrected chi connectivity index (χ3v) is 5.22. The van der Waals surface area contributed by atoms with Crippen LogP contribution in [0.3, 0.4) is 0 Å². The average molecular weight is 393 g/mol. The fourth-order valence-corrected chi connectivity index (χ4v) is 3.79. The van der Waals surface area contributed by atoms with E-state index < -0.39 is 23.0 Å². The van der Waals surface area contributed by atoms with Crippen molar-refractivity contribution in [1.82, 2.24) is 15.0 Å². The lowest BCUT2D eigenvalue weighted by atomic mass is 9.96. The molecule has 0 unspecified atom stereocenters. The number of anilines is 1. The van der Waals surface area contributed by atoms with Crippen molar-refractivity contribution in [3.63, 3.8) is 0 Å². The third-order valence-electron chi connectivity index (χ3n) is 4.95. The lowest BCUT2D eigenvalue weighted by Crippen LogP contribution is -2.33. The Bertz CT molecular complexity index is 996. The summed E-state index contributed by atoms with van der Waals surface area (Å²) in [5.41, 5.74) is 0.578. The first-order chi connectivity index (χ1) is 13.0. The van der Waals surface area contributed by atoms with E-state index in [0.29, 0.717) is 47.9 Å². The number of halogens is 4. The van der Waals surface area contributed by atoms with Crippen molar-refractivity contribution in [2.45, 2.75) is 19.8 Å². The zero-order chi connectivity index (χ0) is 19.1. The quantitative estimate of drug-likeness (QED) is 0.575. The molecule has 27 heavy (non-hydrogen) atoms. The molecule has 0 spiro atoms. The van der Waals surface area contributed by atoms with E-state index in [1.165, 1.54) is 6.33 Å². The van der Waals surface area contributed by atoms with E-state index in [1.807, 2.05) is 4.90 Å². The highest BCUT2D eigenvalue weighted by atomic mass is 35.5. The molecule has 0 N–H and O–H groups in total. The molecule has 0 amide bonds. The third kappa shape index (κ3) is 3.20. The topological polar surface area (TPSA) is 41.9 Å². The molecular weight excluding hydrogens is 377 g/mol. The number of benzene rings is 1. The number of hydrogen-bond donors (Lipinski definition) is 0. The van der Waals surface area contributed by atoms with Crippen molar-refractivity contribution >= 4 is 28.3 Å². The molecule has 0 aliphatic carbocycles. The normalized spacial score (nSPS) is 15.5. The number of hydrogen-bond acceptors (Lipinski definition) is 4. The molecule has 8 heteroatoms. The van der Waals surface area contributed by atoms with Crippen molar-refractivity contribution in [1.29, 1.82) is 0 Å². The van der Waals surface area contributed by atoms with Gasteiger partial charge >= 0.3 is 0 Å². The molecule has 1 saturated heterocycles. The molecule has 1 aromatic carbocycles. The van der Waals surface area contributed by atoms with Gasteiger partial charge in [-0.2, -0.15) is 0 Å². The second-order valence-electron chi connectivity index (χ2n) is 6.80. The molecule has 0 bridgehead atoms. The van der Waals surface area contributed by atoms with Gasteiger partial charge in [0.1, 0.15) is 28.9 Å². The summed E-state index contributed by atoms with van der Waals surface area (Å²) in [5.74, 6) is -2.49. The zero-order valence-corrected chi connectivity index (χ0v) is 15.3. The van der Waals surface area contributed by atoms with E-state index >= 15 is 0 Å². The molecule has 140 valence electrons. The number of aromatic nitrogens is 3. The lowest BCUT2D eigenvalue weighted by Gasteiger charge is -2.34. The van der Waals surface area contributed by atoms with Gasteiger partial charge < -0.3 is 4.90 Å². The summed E-state index contributed by atoms with van der Waals surface area (Å²) in [5, 5.41) is 0.466. The van der Waals surface area contributed by atoms with E-state index in [1.54, 1.807) is 6.20 Å². The maximum atomic E-state index is 14.6. The first kappa shape index (κ1) is 18.0. The second-order valence-corrected chi connectivity index (χ2v) is 7.16. The standard InChI is InChI=1S/C19H16ClF3N4/c1-10-2-4-27(5-3-10)17-12-8-24-9-25-19(12)26-18(20)16(17)15-13(22)6-11(21)7-14(15)23/h6-10H,2-5H2,1H3. The van der Waals surface area contributed by atoms with Gasteiger partial charge in [0.15, 0.2) is 5.65 Å². The molecule has 1 fully saturated rings. The molecule has 1 aliphatic heterocycles. The van der Waals surface area contributed by atoms with Crippen LogP contribution >= 0.6 is 11.6 Å². The van der Waals surface area contributed by atoms with Crippen molar-refractivity contribution in [3.05, 3.63) is 47.3 Å². The maximum Gasteiger partial charge on any atom is 0.166 e. The molecule has 4 nitrogen and oxygen atoms in total. The summed E-state index contributed by atoms with van der Waals surface area (Å²) in [6.45, 7) is 3.56. The summed E-state index contributed by atoms with van der Waals surface area (Å²) in [6, 6.07) is 1.28. The summed E-state index contributed by atoms with van der Waals surface area (Å²) in [4.78, 5) is 14.4. The van der Waals surface area contributed by atoms with Gasteiger partial charge in [-0.15, -0.1) is 0 Å². The average Bonchev–Trinajstić information content (AvgIpc) is 2.62. The number of piperidine rings is 1. The Morgan fingerprint density at radius 2 is 1.74 bits per heavy atom. The van der Waals surface area contributed by atoms with Crippen molar-refractivity contribution in [3.8, 4) is 11.1 Å². The van der Waals surface area contributed by atoms with Crippen LogP contribution in [0.25, 0.3) is 22.2 Å². The summed E-state index contributed by atoms with van der Waals surface area (Å²) in [6.07, 6.45) is 4.76. The molecule has 0 saturated carbocycles. The van der Waals surface area contributed by atoms with Gasteiger partial charge in [-0.3, -0.25) is 0 Å². The van der Waals surface area contributed by atoms with E-state index in [9.17, 15) is 13.2 Å². The van der Waals surface area contributed by atoms with Crippen molar-refractivity contribution in [2.75, 3.05) is 18.0 Å². The minimum Gasteiger partial charge on any atom is -0.370 e. The van der Waals surface area contributed by atoms with Gasteiger partial charge in [0.25, 0.3) is 0 Å². The number of pyridine rings is 1. The predicted molar refractivity (Wildman–Crippen MR) is 98.3 cm³/mol. The fourth-order valence-electron chi connectivity index (χ4n) is 3.52. The molecule has 4 rings (SSSR count). The van der Waals surface area contributed by atoms with Crippen molar-refractivity contribution in [2.24, 2.45) is 5.92 Å². The van der Waals surface area contributed by atoms with Crippen LogP contribution in [0.15, 0.2) is 24.7 Å². The fraction of sp³-hybridized carbons (Fsp3) is 0.316. The first-order valence-electron chi connectivity index (χ1n) is 8.64. The molecule has 1 aliphatic rings. The van der Waals surface area contributed by atoms with Gasteiger partial charge in [0.05, 0.1) is 16.6 Å². The van der Waals surface area contributed by atoms with Crippen LogP contribution in [0.5, 0.6) is 0 Å². The van der Waals surface area contributed by atoms with Gasteiger partial charge in [-0.1, -0.05) is 18.5 Å². The lowest BCUT2D eigenvalue weighted by molar-refractivity contribution is 0.439. The van der Waals surface area contributed by atoms with Crippen LogP contribution in [0.4, 0.5) is 18.9 Å². The van der Waals surface area contributed by atoms with E-state index in [0.717, 1.165) is 12.8 Å².